The quantitative estimate of drug-likeness (QED) is 0.0376. The monoisotopic (exact) mass is 802 g/mol. The van der Waals surface area contributed by atoms with Crippen LogP contribution in [0.2, 0.25) is 0 Å². The van der Waals surface area contributed by atoms with Crippen molar-refractivity contribution in [3.63, 3.8) is 0 Å². The SMILES string of the molecule is CC/C=C/CC/C=C/CC/C=C/C(O)C(COC1OC(CO)C(OC2OC(CO)C(O)C(O)C2O)C(O)C1O)NC(=O)CCCCCCCCCCCCCC. The van der Waals surface area contributed by atoms with Crippen LogP contribution in [-0.4, -0.2) is 140 Å². The van der Waals surface area contributed by atoms with Crippen molar-refractivity contribution >= 4 is 5.91 Å². The van der Waals surface area contributed by atoms with E-state index in [1.54, 1.807) is 6.08 Å². The number of nitrogens with one attached hydrogen (secondary N) is 1. The molecule has 9 N–H and O–H groups in total. The molecule has 0 radical (unpaired) electrons. The number of aliphatic hydroxyl groups excluding tert-OH is 8. The Morgan fingerprint density at radius 3 is 1.73 bits per heavy atom. The normalized spacial score (nSPS) is 29.8. The van der Waals surface area contributed by atoms with Gasteiger partial charge in [0.1, 0.15) is 48.8 Å². The number of rotatable bonds is 30. The minimum Gasteiger partial charge on any atom is -0.394 e. The Hall–Kier alpha value is -1.79. The van der Waals surface area contributed by atoms with E-state index in [-0.39, 0.29) is 18.9 Å². The number of hydrogen-bond acceptors (Lipinski definition) is 13. The molecule has 2 heterocycles. The van der Waals surface area contributed by atoms with Gasteiger partial charge in [-0.15, -0.1) is 0 Å². The maximum absolute atomic E-state index is 13.0. The van der Waals surface area contributed by atoms with E-state index >= 15 is 0 Å². The Bertz CT molecular complexity index is 1090. The van der Waals surface area contributed by atoms with E-state index in [4.69, 9.17) is 18.9 Å². The number of amides is 1. The molecule has 0 aromatic heterocycles. The van der Waals surface area contributed by atoms with Crippen LogP contribution in [0.25, 0.3) is 0 Å². The van der Waals surface area contributed by atoms with E-state index in [0.717, 1.165) is 44.9 Å². The molecule has 0 saturated carbocycles. The number of carbonyl (C=O) groups is 1. The van der Waals surface area contributed by atoms with Crippen LogP contribution < -0.4 is 5.32 Å². The first-order chi connectivity index (χ1) is 27.1. The Kier molecular flexibility index (Phi) is 27.2. The van der Waals surface area contributed by atoms with Crippen LogP contribution >= 0.6 is 0 Å². The molecule has 0 bridgehead atoms. The van der Waals surface area contributed by atoms with Gasteiger partial charge in [0.25, 0.3) is 0 Å². The molecule has 2 rings (SSSR count). The van der Waals surface area contributed by atoms with Crippen LogP contribution in [0, 0.1) is 0 Å². The predicted molar refractivity (Wildman–Crippen MR) is 212 cm³/mol. The Morgan fingerprint density at radius 2 is 1.16 bits per heavy atom. The van der Waals surface area contributed by atoms with Gasteiger partial charge in [0.2, 0.25) is 5.91 Å². The molecule has 326 valence electrons. The predicted octanol–water partition coefficient (Wildman–Crippen LogP) is 3.20. The smallest absolute Gasteiger partial charge is 0.220 e. The van der Waals surface area contributed by atoms with Crippen LogP contribution in [-0.2, 0) is 23.7 Å². The maximum Gasteiger partial charge on any atom is 0.220 e. The van der Waals surface area contributed by atoms with E-state index < -0.39 is 86.8 Å². The summed E-state index contributed by atoms with van der Waals surface area (Å²) in [6.45, 7) is 2.58. The first-order valence-electron chi connectivity index (χ1n) is 21.2. The summed E-state index contributed by atoms with van der Waals surface area (Å²) in [6.07, 6.45) is 13.6. The number of allylic oxidation sites excluding steroid dienone is 5. The number of carbonyl (C=O) groups excluding carboxylic acids is 1. The fourth-order valence-electron chi connectivity index (χ4n) is 6.80. The molecule has 1 amide bonds. The van der Waals surface area contributed by atoms with Crippen molar-refractivity contribution in [1.82, 2.24) is 5.32 Å². The van der Waals surface area contributed by atoms with E-state index in [1.807, 2.05) is 6.08 Å². The zero-order chi connectivity index (χ0) is 41.1. The molecule has 2 aliphatic rings. The molecule has 0 spiro atoms. The number of aliphatic hydroxyl groups is 8. The summed E-state index contributed by atoms with van der Waals surface area (Å²) >= 11 is 0. The van der Waals surface area contributed by atoms with Crippen molar-refractivity contribution < 1.29 is 64.6 Å². The highest BCUT2D eigenvalue weighted by atomic mass is 16.7. The Labute approximate surface area is 334 Å². The summed E-state index contributed by atoms with van der Waals surface area (Å²) in [5.41, 5.74) is 0. The van der Waals surface area contributed by atoms with Crippen LogP contribution in [0.5, 0.6) is 0 Å². The summed E-state index contributed by atoms with van der Waals surface area (Å²) < 4.78 is 22.5. The third-order valence-electron chi connectivity index (χ3n) is 10.3. The van der Waals surface area contributed by atoms with Crippen molar-refractivity contribution in [2.45, 2.75) is 203 Å². The summed E-state index contributed by atoms with van der Waals surface area (Å²) in [5.74, 6) is -0.260. The number of unbranched alkanes of at least 4 members (excludes halogenated alkanes) is 13. The fourth-order valence-corrected chi connectivity index (χ4v) is 6.80. The lowest BCUT2D eigenvalue weighted by molar-refractivity contribution is -0.359. The maximum atomic E-state index is 13.0. The number of hydrogen-bond donors (Lipinski definition) is 9. The third kappa shape index (κ3) is 18.9. The van der Waals surface area contributed by atoms with Crippen molar-refractivity contribution in [2.75, 3.05) is 19.8 Å². The van der Waals surface area contributed by atoms with Crippen LogP contribution in [0.15, 0.2) is 36.5 Å². The average Bonchev–Trinajstić information content (AvgIpc) is 3.19. The molecule has 2 saturated heterocycles. The Balaban J connectivity index is 1.95. The zero-order valence-corrected chi connectivity index (χ0v) is 33.9. The van der Waals surface area contributed by atoms with Crippen molar-refractivity contribution in [2.24, 2.45) is 0 Å². The topological polar surface area (TPSA) is 228 Å². The van der Waals surface area contributed by atoms with Gasteiger partial charge < -0.3 is 65.1 Å². The average molecular weight is 802 g/mol. The molecule has 2 fully saturated rings. The molecule has 12 atom stereocenters. The highest BCUT2D eigenvalue weighted by Gasteiger charge is 2.50. The first-order valence-corrected chi connectivity index (χ1v) is 21.2. The molecule has 14 heteroatoms. The second-order valence-corrected chi connectivity index (χ2v) is 15.1. The molecule has 14 nitrogen and oxygen atoms in total. The van der Waals surface area contributed by atoms with E-state index in [0.29, 0.717) is 12.8 Å². The summed E-state index contributed by atoms with van der Waals surface area (Å²) in [4.78, 5) is 13.0. The van der Waals surface area contributed by atoms with Crippen molar-refractivity contribution in [1.29, 1.82) is 0 Å². The minimum absolute atomic E-state index is 0.260. The second kappa shape index (κ2) is 30.3. The molecule has 0 aromatic carbocycles. The highest BCUT2D eigenvalue weighted by molar-refractivity contribution is 5.76. The van der Waals surface area contributed by atoms with Crippen molar-refractivity contribution in [3.05, 3.63) is 36.5 Å². The van der Waals surface area contributed by atoms with Crippen LogP contribution in [0.1, 0.15) is 129 Å². The van der Waals surface area contributed by atoms with Gasteiger partial charge >= 0.3 is 0 Å². The summed E-state index contributed by atoms with van der Waals surface area (Å²) in [5, 5.41) is 86.1. The molecule has 56 heavy (non-hydrogen) atoms. The zero-order valence-electron chi connectivity index (χ0n) is 33.9. The van der Waals surface area contributed by atoms with Gasteiger partial charge in [0.15, 0.2) is 12.6 Å². The van der Waals surface area contributed by atoms with Crippen LogP contribution in [0.3, 0.4) is 0 Å². The lowest BCUT2D eigenvalue weighted by Crippen LogP contribution is -2.65. The van der Waals surface area contributed by atoms with E-state index in [2.05, 4.69) is 43.5 Å². The molecule has 0 aliphatic carbocycles. The van der Waals surface area contributed by atoms with Gasteiger partial charge in [-0.1, -0.05) is 121 Å². The Morgan fingerprint density at radius 1 is 0.643 bits per heavy atom. The molecule has 0 aromatic rings. The van der Waals surface area contributed by atoms with E-state index in [1.165, 1.54) is 51.4 Å². The van der Waals surface area contributed by atoms with Gasteiger partial charge in [0, 0.05) is 6.42 Å². The van der Waals surface area contributed by atoms with Gasteiger partial charge in [-0.3, -0.25) is 4.79 Å². The van der Waals surface area contributed by atoms with Gasteiger partial charge in [-0.05, 0) is 38.5 Å². The summed E-state index contributed by atoms with van der Waals surface area (Å²) in [7, 11) is 0. The standard InChI is InChI=1S/C42H75NO13/c1-3-5-7-9-11-13-15-16-18-20-22-24-26-34(47)43-30(31(46)25-23-21-19-17-14-12-10-8-6-4-2)29-53-41-39(52)37(50)40(33(28-45)55-41)56-42-38(51)36(49)35(48)32(27-44)54-42/h6,8,14,17,23,25,30-33,35-42,44-46,48-52H,3-5,7,9-13,15-16,18-22,24,26-29H2,1-2H3,(H,43,47)/b8-6+,17-14+,25-23+. The van der Waals surface area contributed by atoms with Gasteiger partial charge in [-0.25, -0.2) is 0 Å². The highest BCUT2D eigenvalue weighted by Crippen LogP contribution is 2.29. The molecular formula is C42H75NO13. The first kappa shape index (κ1) is 50.4. The lowest BCUT2D eigenvalue weighted by Gasteiger charge is -2.46. The van der Waals surface area contributed by atoms with Gasteiger partial charge in [0.05, 0.1) is 32.0 Å². The summed E-state index contributed by atoms with van der Waals surface area (Å²) in [6, 6.07) is -0.930. The van der Waals surface area contributed by atoms with Crippen molar-refractivity contribution in [3.8, 4) is 0 Å². The molecule has 12 unspecified atom stereocenters. The van der Waals surface area contributed by atoms with E-state index in [9.17, 15) is 45.6 Å². The second-order valence-electron chi connectivity index (χ2n) is 15.1. The third-order valence-corrected chi connectivity index (χ3v) is 10.3. The minimum atomic E-state index is -1.79. The lowest BCUT2D eigenvalue weighted by atomic mass is 9.97. The van der Waals surface area contributed by atoms with Crippen LogP contribution in [0.4, 0.5) is 0 Å². The van der Waals surface area contributed by atoms with Gasteiger partial charge in [-0.2, -0.15) is 0 Å². The fraction of sp³-hybridized carbons (Fsp3) is 0.833. The largest absolute Gasteiger partial charge is 0.394 e. The number of ether oxygens (including phenoxy) is 4. The molecule has 2 aliphatic heterocycles. The molecular weight excluding hydrogens is 726 g/mol.